The first-order chi connectivity index (χ1) is 20.2. The molecule has 1 spiro atoms. The Morgan fingerprint density at radius 2 is 1.14 bits per heavy atom. The summed E-state index contributed by atoms with van der Waals surface area (Å²) in [7, 11) is 2.46. The van der Waals surface area contributed by atoms with E-state index >= 15 is 0 Å². The molecule has 42 heavy (non-hydrogen) atoms. The van der Waals surface area contributed by atoms with E-state index in [0.29, 0.717) is 0 Å². The lowest BCUT2D eigenvalue weighted by Gasteiger charge is -2.49. The van der Waals surface area contributed by atoms with Crippen LogP contribution in [-0.4, -0.2) is 7.28 Å². The Morgan fingerprint density at radius 1 is 0.595 bits per heavy atom. The number of anilines is 3. The smallest absolute Gasteiger partial charge is 0.152 e. The summed E-state index contributed by atoms with van der Waals surface area (Å²) in [4.78, 5) is 5.11. The van der Waals surface area contributed by atoms with Gasteiger partial charge in [-0.15, -0.1) is 0 Å². The Bertz CT molecular complexity index is 1730. The van der Waals surface area contributed by atoms with Crippen LogP contribution in [-0.2, 0) is 5.41 Å². The van der Waals surface area contributed by atoms with Crippen LogP contribution in [0.2, 0.25) is 6.32 Å². The molecule has 0 aromatic heterocycles. The third-order valence-electron chi connectivity index (χ3n) is 9.91. The Hall–Kier alpha value is -3.69. The largest absolute Gasteiger partial charge is 0.310 e. The molecule has 0 saturated heterocycles. The van der Waals surface area contributed by atoms with Crippen molar-refractivity contribution < 1.29 is 0 Å². The molecule has 2 aliphatic rings. The molecule has 1 nitrogen and oxygen atoms in total. The Kier molecular flexibility index (Phi) is 6.44. The molecule has 2 heterocycles. The van der Waals surface area contributed by atoms with Crippen molar-refractivity contribution in [3.05, 3.63) is 144 Å². The number of fused-ring (bicyclic) bond motifs is 8. The Balaban J connectivity index is 1.50. The van der Waals surface area contributed by atoms with Crippen LogP contribution < -0.4 is 10.4 Å². The van der Waals surface area contributed by atoms with Crippen molar-refractivity contribution in [1.82, 2.24) is 0 Å². The second kappa shape index (κ2) is 9.95. The van der Waals surface area contributed by atoms with Gasteiger partial charge in [0.15, 0.2) is 7.28 Å². The molecule has 0 amide bonds. The van der Waals surface area contributed by atoms with E-state index in [1.807, 2.05) is 11.8 Å². The molecule has 0 aliphatic carbocycles. The first kappa shape index (κ1) is 27.2. The summed E-state index contributed by atoms with van der Waals surface area (Å²) in [6, 6.07) is 45.1. The molecule has 7 rings (SSSR count). The summed E-state index contributed by atoms with van der Waals surface area (Å²) in [5.41, 5.74) is 10.3. The number of benzene rings is 5. The molecule has 0 N–H and O–H groups in total. The van der Waals surface area contributed by atoms with E-state index in [-0.39, 0.29) is 10.8 Å². The van der Waals surface area contributed by atoms with Crippen LogP contribution in [0.25, 0.3) is 0 Å². The predicted octanol–water partition coefficient (Wildman–Crippen LogP) is 10.1. The van der Waals surface area contributed by atoms with Gasteiger partial charge in [0.25, 0.3) is 0 Å². The molecule has 1 radical (unpaired) electrons. The molecule has 0 saturated carbocycles. The maximum Gasteiger partial charge on any atom is 0.152 e. The highest BCUT2D eigenvalue weighted by atomic mass is 32.2. The highest BCUT2D eigenvalue weighted by molar-refractivity contribution is 7.99. The van der Waals surface area contributed by atoms with E-state index in [2.05, 4.69) is 168 Å². The standard InChI is InChI=1S/C39H37BNS/c1-37(2,3)38(4,5)26-40-27-23-24-36-32(25-27)39(31-19-11-14-22-35(31)42-36)29-17-9-12-20-33(29)41(28-15-7-6-8-16-28)34-21-13-10-18-30(34)39/h6-25H,26H2,1-5H3. The van der Waals surface area contributed by atoms with Gasteiger partial charge in [0.1, 0.15) is 0 Å². The predicted molar refractivity (Wildman–Crippen MR) is 181 cm³/mol. The molecule has 0 fully saturated rings. The minimum atomic E-state index is -0.432. The SMILES string of the molecule is CC(C)(C)C(C)(C)C[B]c1ccc2c(c1)C1(c3ccccc3S2)c2ccccc2N(c2ccccc2)c2ccccc21. The van der Waals surface area contributed by atoms with Crippen LogP contribution in [0.3, 0.4) is 0 Å². The average molecular weight is 563 g/mol. The molecule has 0 atom stereocenters. The fourth-order valence-corrected chi connectivity index (χ4v) is 7.72. The van der Waals surface area contributed by atoms with Crippen LogP contribution >= 0.6 is 11.8 Å². The molecule has 0 unspecified atom stereocenters. The lowest BCUT2D eigenvalue weighted by molar-refractivity contribution is 0.157. The van der Waals surface area contributed by atoms with Gasteiger partial charge < -0.3 is 4.90 Å². The van der Waals surface area contributed by atoms with Gasteiger partial charge in [-0.25, -0.2) is 0 Å². The first-order valence-corrected chi connectivity index (χ1v) is 15.8. The minimum Gasteiger partial charge on any atom is -0.310 e. The van der Waals surface area contributed by atoms with Crippen LogP contribution in [0.5, 0.6) is 0 Å². The summed E-state index contributed by atoms with van der Waals surface area (Å²) in [5, 5.41) is 0. The minimum absolute atomic E-state index is 0.183. The monoisotopic (exact) mass is 562 g/mol. The van der Waals surface area contributed by atoms with E-state index < -0.39 is 5.41 Å². The van der Waals surface area contributed by atoms with Crippen molar-refractivity contribution in [1.29, 1.82) is 0 Å². The van der Waals surface area contributed by atoms with Gasteiger partial charge in [0.2, 0.25) is 0 Å². The number of rotatable bonds is 4. The summed E-state index contributed by atoms with van der Waals surface area (Å²) < 4.78 is 0. The number of hydrogen-bond acceptors (Lipinski definition) is 2. The van der Waals surface area contributed by atoms with Gasteiger partial charge in [-0.3, -0.25) is 0 Å². The molecule has 3 heteroatoms. The fourth-order valence-electron chi connectivity index (χ4n) is 6.55. The molecular formula is C39H37BNS. The molecule has 2 aliphatic heterocycles. The van der Waals surface area contributed by atoms with E-state index in [9.17, 15) is 0 Å². The maximum absolute atomic E-state index is 2.49. The van der Waals surface area contributed by atoms with Crippen molar-refractivity contribution in [3.8, 4) is 0 Å². The van der Waals surface area contributed by atoms with Crippen LogP contribution in [0.4, 0.5) is 17.1 Å². The van der Waals surface area contributed by atoms with Crippen molar-refractivity contribution in [2.75, 3.05) is 4.90 Å². The summed E-state index contributed by atoms with van der Waals surface area (Å²) in [6.07, 6.45) is 1.03. The number of hydrogen-bond donors (Lipinski definition) is 0. The van der Waals surface area contributed by atoms with E-state index in [1.54, 1.807) is 0 Å². The summed E-state index contributed by atoms with van der Waals surface area (Å²) in [6.45, 7) is 11.8. The lowest BCUT2D eigenvalue weighted by Crippen LogP contribution is -2.40. The average Bonchev–Trinajstić information content (AvgIpc) is 3.00. The molecule has 5 aromatic rings. The third kappa shape index (κ3) is 4.08. The zero-order valence-electron chi connectivity index (χ0n) is 25.2. The molecule has 207 valence electrons. The van der Waals surface area contributed by atoms with Gasteiger partial charge in [-0.05, 0) is 69.5 Å². The maximum atomic E-state index is 2.49. The highest BCUT2D eigenvalue weighted by Crippen LogP contribution is 2.62. The van der Waals surface area contributed by atoms with Crippen molar-refractivity contribution in [2.24, 2.45) is 10.8 Å². The highest BCUT2D eigenvalue weighted by Gasteiger charge is 2.50. The third-order valence-corrected chi connectivity index (χ3v) is 11.1. The Morgan fingerprint density at radius 3 is 1.79 bits per heavy atom. The van der Waals surface area contributed by atoms with Crippen molar-refractivity contribution in [3.63, 3.8) is 0 Å². The van der Waals surface area contributed by atoms with Crippen LogP contribution in [0.15, 0.2) is 131 Å². The van der Waals surface area contributed by atoms with Gasteiger partial charge in [-0.1, -0.05) is 143 Å². The van der Waals surface area contributed by atoms with Crippen LogP contribution in [0, 0.1) is 10.8 Å². The zero-order chi connectivity index (χ0) is 29.1. The Labute approximate surface area is 256 Å². The normalized spacial score (nSPS) is 14.9. The second-order valence-corrected chi connectivity index (χ2v) is 14.4. The quantitative estimate of drug-likeness (QED) is 0.196. The van der Waals surface area contributed by atoms with E-state index in [0.717, 1.165) is 6.32 Å². The molecular weight excluding hydrogens is 525 g/mol. The number of para-hydroxylation sites is 3. The lowest BCUT2D eigenvalue weighted by atomic mass is 9.53. The second-order valence-electron chi connectivity index (χ2n) is 13.4. The topological polar surface area (TPSA) is 3.24 Å². The number of nitrogens with zero attached hydrogens (tertiary/aromatic N) is 1. The van der Waals surface area contributed by atoms with Gasteiger partial charge in [-0.2, -0.15) is 0 Å². The van der Waals surface area contributed by atoms with E-state index in [1.165, 1.54) is 54.6 Å². The van der Waals surface area contributed by atoms with Gasteiger partial charge in [0, 0.05) is 15.5 Å². The molecule has 5 aromatic carbocycles. The molecule has 0 bridgehead atoms. The van der Waals surface area contributed by atoms with Crippen molar-refractivity contribution >= 4 is 41.6 Å². The van der Waals surface area contributed by atoms with Crippen LogP contribution in [0.1, 0.15) is 56.9 Å². The van der Waals surface area contributed by atoms with Crippen molar-refractivity contribution in [2.45, 2.75) is 56.1 Å². The van der Waals surface area contributed by atoms with E-state index in [4.69, 9.17) is 0 Å². The van der Waals surface area contributed by atoms with Gasteiger partial charge in [0.05, 0.1) is 16.8 Å². The first-order valence-electron chi connectivity index (χ1n) is 15.0. The fraction of sp³-hybridized carbons (Fsp3) is 0.231. The summed E-state index contributed by atoms with van der Waals surface area (Å²) >= 11 is 1.91. The zero-order valence-corrected chi connectivity index (χ0v) is 26.0. The summed E-state index contributed by atoms with van der Waals surface area (Å²) in [5.74, 6) is 0. The van der Waals surface area contributed by atoms with Gasteiger partial charge >= 0.3 is 0 Å².